The van der Waals surface area contributed by atoms with Crippen LogP contribution in [0.15, 0.2) is 22.7 Å². The van der Waals surface area contributed by atoms with Gasteiger partial charge < -0.3 is 5.11 Å². The Morgan fingerprint density at radius 1 is 1.33 bits per heavy atom. The van der Waals surface area contributed by atoms with E-state index in [2.05, 4.69) is 34.8 Å². The van der Waals surface area contributed by atoms with E-state index in [9.17, 15) is 5.11 Å². The van der Waals surface area contributed by atoms with Gasteiger partial charge in [-0.25, -0.2) is 0 Å². The maximum Gasteiger partial charge on any atom is 0.134 e. The molecule has 2 unspecified atom stereocenters. The molecule has 2 nitrogen and oxygen atoms in total. The van der Waals surface area contributed by atoms with Crippen molar-refractivity contribution in [2.75, 3.05) is 7.05 Å². The Morgan fingerprint density at radius 3 is 2.78 bits per heavy atom. The predicted molar refractivity (Wildman–Crippen MR) is 78.7 cm³/mol. The minimum atomic E-state index is 0.382. The average Bonchev–Trinajstić information content (AvgIpc) is 2.35. The number of para-hydroxylation sites is 1. The number of halogens is 1. The molecule has 1 aliphatic rings. The summed E-state index contributed by atoms with van der Waals surface area (Å²) in [5.41, 5.74) is 1.00. The van der Waals surface area contributed by atoms with Crippen LogP contribution in [0.25, 0.3) is 0 Å². The van der Waals surface area contributed by atoms with E-state index in [1.165, 1.54) is 25.7 Å². The van der Waals surface area contributed by atoms with Crippen LogP contribution in [-0.4, -0.2) is 23.1 Å². The van der Waals surface area contributed by atoms with E-state index in [4.69, 9.17) is 0 Å². The first kappa shape index (κ1) is 13.9. The van der Waals surface area contributed by atoms with Crippen LogP contribution in [0.4, 0.5) is 0 Å². The van der Waals surface area contributed by atoms with Gasteiger partial charge in [0.25, 0.3) is 0 Å². The number of aromatic hydroxyl groups is 1. The number of hydrogen-bond donors (Lipinski definition) is 1. The number of phenolic OH excluding ortho intramolecular Hbond substituents is 1. The summed E-state index contributed by atoms with van der Waals surface area (Å²) in [4.78, 5) is 2.39. The summed E-state index contributed by atoms with van der Waals surface area (Å²) < 4.78 is 0.782. The molecule has 0 saturated heterocycles. The van der Waals surface area contributed by atoms with Gasteiger partial charge in [-0.05, 0) is 47.8 Å². The van der Waals surface area contributed by atoms with E-state index in [0.29, 0.717) is 11.8 Å². The lowest BCUT2D eigenvalue weighted by Crippen LogP contribution is -2.38. The zero-order chi connectivity index (χ0) is 13.1. The minimum absolute atomic E-state index is 0.382. The number of nitrogens with zero attached hydrogens (tertiary/aromatic N) is 1. The van der Waals surface area contributed by atoms with Crippen molar-refractivity contribution in [2.45, 2.75) is 45.2 Å². The second kappa shape index (κ2) is 6.07. The topological polar surface area (TPSA) is 23.5 Å². The Hall–Kier alpha value is -0.540. The Balaban J connectivity index is 2.06. The molecule has 1 saturated carbocycles. The third kappa shape index (κ3) is 3.07. The molecule has 2 rings (SSSR count). The van der Waals surface area contributed by atoms with Crippen molar-refractivity contribution in [3.05, 3.63) is 28.2 Å². The quantitative estimate of drug-likeness (QED) is 0.905. The van der Waals surface area contributed by atoms with Gasteiger partial charge in [-0.15, -0.1) is 0 Å². The van der Waals surface area contributed by atoms with Crippen LogP contribution in [0.3, 0.4) is 0 Å². The van der Waals surface area contributed by atoms with Crippen molar-refractivity contribution >= 4 is 15.9 Å². The number of benzene rings is 1. The van der Waals surface area contributed by atoms with Crippen LogP contribution in [0.5, 0.6) is 5.75 Å². The first-order valence-electron chi connectivity index (χ1n) is 6.76. The van der Waals surface area contributed by atoms with E-state index in [1.54, 1.807) is 0 Å². The normalized spacial score (nSPS) is 24.4. The van der Waals surface area contributed by atoms with Crippen LogP contribution in [0, 0.1) is 5.92 Å². The average molecular weight is 312 g/mol. The van der Waals surface area contributed by atoms with Crippen LogP contribution >= 0.6 is 15.9 Å². The lowest BCUT2D eigenvalue weighted by Gasteiger charge is -2.36. The Labute approximate surface area is 118 Å². The molecule has 0 aromatic heterocycles. The monoisotopic (exact) mass is 311 g/mol. The van der Waals surface area contributed by atoms with Gasteiger partial charge in [0.15, 0.2) is 0 Å². The van der Waals surface area contributed by atoms with Crippen molar-refractivity contribution in [1.82, 2.24) is 4.90 Å². The maximum absolute atomic E-state index is 10.0. The Bertz CT molecular complexity index is 407. The molecule has 1 aromatic carbocycles. The van der Waals surface area contributed by atoms with Crippen LogP contribution in [0.1, 0.15) is 38.2 Å². The largest absolute Gasteiger partial charge is 0.506 e. The minimum Gasteiger partial charge on any atom is -0.506 e. The summed E-state index contributed by atoms with van der Waals surface area (Å²) in [5.74, 6) is 1.14. The fraction of sp³-hybridized carbons (Fsp3) is 0.600. The van der Waals surface area contributed by atoms with Gasteiger partial charge in [-0.2, -0.15) is 0 Å². The zero-order valence-corrected chi connectivity index (χ0v) is 12.8. The summed E-state index contributed by atoms with van der Waals surface area (Å²) in [5, 5.41) is 10.0. The third-order valence-corrected chi connectivity index (χ3v) is 4.76. The molecule has 0 heterocycles. The second-order valence-electron chi connectivity index (χ2n) is 5.49. The van der Waals surface area contributed by atoms with Crippen molar-refractivity contribution in [1.29, 1.82) is 0 Å². The molecular weight excluding hydrogens is 290 g/mol. The molecule has 0 spiro atoms. The summed E-state index contributed by atoms with van der Waals surface area (Å²) >= 11 is 3.38. The maximum atomic E-state index is 10.0. The lowest BCUT2D eigenvalue weighted by atomic mass is 9.85. The lowest BCUT2D eigenvalue weighted by molar-refractivity contribution is 0.132. The highest BCUT2D eigenvalue weighted by Crippen LogP contribution is 2.31. The number of hydrogen-bond acceptors (Lipinski definition) is 2. The predicted octanol–water partition coefficient (Wildman–Crippen LogP) is 4.17. The van der Waals surface area contributed by atoms with E-state index in [0.717, 1.165) is 22.5 Å². The van der Waals surface area contributed by atoms with Crippen LogP contribution in [0.2, 0.25) is 0 Å². The van der Waals surface area contributed by atoms with E-state index >= 15 is 0 Å². The van der Waals surface area contributed by atoms with E-state index in [1.807, 2.05) is 18.2 Å². The van der Waals surface area contributed by atoms with Crippen molar-refractivity contribution in [3.8, 4) is 5.75 Å². The molecule has 0 aliphatic heterocycles. The highest BCUT2D eigenvalue weighted by atomic mass is 79.9. The number of rotatable bonds is 3. The van der Waals surface area contributed by atoms with Gasteiger partial charge in [0.1, 0.15) is 5.75 Å². The zero-order valence-electron chi connectivity index (χ0n) is 11.2. The molecular formula is C15H22BrNO. The van der Waals surface area contributed by atoms with Crippen LogP contribution in [-0.2, 0) is 6.54 Å². The smallest absolute Gasteiger partial charge is 0.134 e. The van der Waals surface area contributed by atoms with E-state index in [-0.39, 0.29) is 0 Å². The fourth-order valence-electron chi connectivity index (χ4n) is 3.03. The third-order valence-electron chi connectivity index (χ3n) is 4.12. The highest BCUT2D eigenvalue weighted by Gasteiger charge is 2.25. The molecule has 1 aliphatic carbocycles. The standard InChI is InChI=1S/C15H22BrNO/c1-11-6-3-4-9-14(11)17(2)10-12-7-5-8-13(16)15(12)18/h5,7-8,11,14,18H,3-4,6,9-10H2,1-2H3. The summed E-state index contributed by atoms with van der Waals surface area (Å²) in [6, 6.07) is 6.51. The molecule has 1 N–H and O–H groups in total. The van der Waals surface area contributed by atoms with Gasteiger partial charge in [-0.1, -0.05) is 31.9 Å². The van der Waals surface area contributed by atoms with Gasteiger partial charge in [-0.3, -0.25) is 4.90 Å². The first-order valence-corrected chi connectivity index (χ1v) is 7.55. The number of phenols is 1. The Morgan fingerprint density at radius 2 is 2.06 bits per heavy atom. The molecule has 2 atom stereocenters. The van der Waals surface area contributed by atoms with Crippen molar-refractivity contribution in [2.24, 2.45) is 5.92 Å². The van der Waals surface area contributed by atoms with Crippen LogP contribution < -0.4 is 0 Å². The summed E-state index contributed by atoms with van der Waals surface area (Å²) in [6.07, 6.45) is 5.32. The molecule has 0 amide bonds. The molecule has 18 heavy (non-hydrogen) atoms. The van der Waals surface area contributed by atoms with Crippen molar-refractivity contribution in [3.63, 3.8) is 0 Å². The SMILES string of the molecule is CC1CCCCC1N(C)Cc1cccc(Br)c1O. The molecule has 0 bridgehead atoms. The Kier molecular flexibility index (Phi) is 4.68. The molecule has 1 aromatic rings. The molecule has 1 fully saturated rings. The molecule has 100 valence electrons. The fourth-order valence-corrected chi connectivity index (χ4v) is 3.43. The molecule has 3 heteroatoms. The molecule has 0 radical (unpaired) electrons. The van der Waals surface area contributed by atoms with Gasteiger partial charge >= 0.3 is 0 Å². The first-order chi connectivity index (χ1) is 8.59. The summed E-state index contributed by atoms with van der Waals surface area (Å²) in [6.45, 7) is 3.17. The van der Waals surface area contributed by atoms with E-state index < -0.39 is 0 Å². The highest BCUT2D eigenvalue weighted by molar-refractivity contribution is 9.10. The second-order valence-corrected chi connectivity index (χ2v) is 6.35. The van der Waals surface area contributed by atoms with Gasteiger partial charge in [0, 0.05) is 18.2 Å². The van der Waals surface area contributed by atoms with Gasteiger partial charge in [0.2, 0.25) is 0 Å². The van der Waals surface area contributed by atoms with Crippen molar-refractivity contribution < 1.29 is 5.11 Å². The summed E-state index contributed by atoms with van der Waals surface area (Å²) in [7, 11) is 2.17. The van der Waals surface area contributed by atoms with Gasteiger partial charge in [0.05, 0.1) is 4.47 Å².